The van der Waals surface area contributed by atoms with Gasteiger partial charge < -0.3 is 4.74 Å². The highest BCUT2D eigenvalue weighted by Crippen LogP contribution is 2.39. The van der Waals surface area contributed by atoms with Gasteiger partial charge in [-0.05, 0) is 28.8 Å². The molecule has 0 spiro atoms. The third-order valence-electron chi connectivity index (χ3n) is 4.83. The SMILES string of the molecule is O=CC1=C[C@H](COCc2ccccc2)[C@@H](c2cccc(Br)c2)[C@@H]([N+](=O)[O-])C1. The van der Waals surface area contributed by atoms with Crippen LogP contribution in [0.4, 0.5) is 0 Å². The van der Waals surface area contributed by atoms with E-state index in [1.165, 1.54) is 0 Å². The molecule has 0 unspecified atom stereocenters. The van der Waals surface area contributed by atoms with Crippen molar-refractivity contribution in [3.05, 3.63) is 92.0 Å². The lowest BCUT2D eigenvalue weighted by molar-refractivity contribution is -0.528. The van der Waals surface area contributed by atoms with Crippen molar-refractivity contribution in [3.8, 4) is 0 Å². The molecule has 2 aromatic carbocycles. The molecule has 0 fully saturated rings. The minimum Gasteiger partial charge on any atom is -0.376 e. The van der Waals surface area contributed by atoms with E-state index in [1.807, 2.05) is 60.7 Å². The zero-order valence-electron chi connectivity index (χ0n) is 14.7. The highest BCUT2D eigenvalue weighted by Gasteiger charge is 2.41. The zero-order chi connectivity index (χ0) is 19.2. The first kappa shape index (κ1) is 19.5. The Kier molecular flexibility index (Phi) is 6.53. The number of hydrogen-bond acceptors (Lipinski definition) is 4. The van der Waals surface area contributed by atoms with Crippen molar-refractivity contribution in [3.63, 3.8) is 0 Å². The molecule has 27 heavy (non-hydrogen) atoms. The predicted octanol–water partition coefficient (Wildman–Crippen LogP) is 4.54. The smallest absolute Gasteiger partial charge is 0.224 e. The van der Waals surface area contributed by atoms with Crippen molar-refractivity contribution in [1.29, 1.82) is 0 Å². The number of hydrogen-bond donors (Lipinski definition) is 0. The molecule has 0 aromatic heterocycles. The minimum absolute atomic E-state index is 0.142. The zero-order valence-corrected chi connectivity index (χ0v) is 16.2. The summed E-state index contributed by atoms with van der Waals surface area (Å²) in [7, 11) is 0. The third kappa shape index (κ3) is 4.90. The van der Waals surface area contributed by atoms with Crippen LogP contribution in [0.5, 0.6) is 0 Å². The molecule has 0 saturated heterocycles. The van der Waals surface area contributed by atoms with Crippen LogP contribution in [0.3, 0.4) is 0 Å². The van der Waals surface area contributed by atoms with E-state index < -0.39 is 6.04 Å². The summed E-state index contributed by atoms with van der Waals surface area (Å²) in [4.78, 5) is 22.8. The van der Waals surface area contributed by atoms with Crippen molar-refractivity contribution in [2.45, 2.75) is 25.0 Å². The molecule has 5 nitrogen and oxygen atoms in total. The molecule has 1 aliphatic rings. The monoisotopic (exact) mass is 429 g/mol. The van der Waals surface area contributed by atoms with E-state index in [0.29, 0.717) is 18.8 Å². The number of rotatable bonds is 7. The van der Waals surface area contributed by atoms with Gasteiger partial charge in [-0.1, -0.05) is 64.5 Å². The van der Waals surface area contributed by atoms with Crippen molar-refractivity contribution < 1.29 is 14.5 Å². The maximum atomic E-state index is 11.7. The van der Waals surface area contributed by atoms with Crippen LogP contribution in [0.25, 0.3) is 0 Å². The number of carbonyl (C=O) groups excluding carboxylic acids is 1. The van der Waals surface area contributed by atoms with Gasteiger partial charge in [0.15, 0.2) is 0 Å². The molecule has 0 aliphatic heterocycles. The Labute approximate surface area is 166 Å². The number of benzene rings is 2. The predicted molar refractivity (Wildman–Crippen MR) is 106 cm³/mol. The second-order valence-electron chi connectivity index (χ2n) is 6.66. The van der Waals surface area contributed by atoms with Gasteiger partial charge in [-0.2, -0.15) is 0 Å². The Morgan fingerprint density at radius 3 is 2.63 bits per heavy atom. The molecule has 0 bridgehead atoms. The molecule has 0 saturated carbocycles. The molecule has 6 heteroatoms. The maximum Gasteiger partial charge on any atom is 0.224 e. The van der Waals surface area contributed by atoms with Gasteiger partial charge in [-0.25, -0.2) is 0 Å². The fraction of sp³-hybridized carbons (Fsp3) is 0.286. The second kappa shape index (κ2) is 9.06. The summed E-state index contributed by atoms with van der Waals surface area (Å²) >= 11 is 3.44. The number of nitro groups is 1. The highest BCUT2D eigenvalue weighted by molar-refractivity contribution is 9.10. The quantitative estimate of drug-likeness (QED) is 0.368. The topological polar surface area (TPSA) is 69.4 Å². The lowest BCUT2D eigenvalue weighted by Crippen LogP contribution is -2.37. The number of aldehydes is 1. The third-order valence-corrected chi connectivity index (χ3v) is 5.32. The Hall–Kier alpha value is -2.31. The molecule has 3 rings (SSSR count). The van der Waals surface area contributed by atoms with Crippen molar-refractivity contribution in [2.24, 2.45) is 5.92 Å². The molecular weight excluding hydrogens is 410 g/mol. The molecule has 0 amide bonds. The van der Waals surface area contributed by atoms with Crippen LogP contribution in [-0.4, -0.2) is 23.9 Å². The summed E-state index contributed by atoms with van der Waals surface area (Å²) in [5, 5.41) is 11.7. The molecule has 140 valence electrons. The van der Waals surface area contributed by atoms with E-state index >= 15 is 0 Å². The minimum atomic E-state index is -0.852. The first-order chi connectivity index (χ1) is 13.1. The fourth-order valence-electron chi connectivity index (χ4n) is 3.62. The highest BCUT2D eigenvalue weighted by atomic mass is 79.9. The lowest BCUT2D eigenvalue weighted by atomic mass is 9.74. The molecule has 0 heterocycles. The molecular formula is C21H20BrNO4. The van der Waals surface area contributed by atoms with Crippen LogP contribution in [0, 0.1) is 16.0 Å². The van der Waals surface area contributed by atoms with Gasteiger partial charge in [0.2, 0.25) is 6.04 Å². The van der Waals surface area contributed by atoms with E-state index in [-0.39, 0.29) is 23.2 Å². The normalized spacial score (nSPS) is 22.1. The number of ether oxygens (including phenoxy) is 1. The van der Waals surface area contributed by atoms with Crippen LogP contribution in [0.15, 0.2) is 70.7 Å². The Balaban J connectivity index is 1.85. The van der Waals surface area contributed by atoms with Gasteiger partial charge in [0.1, 0.15) is 6.29 Å². The van der Waals surface area contributed by atoms with Gasteiger partial charge in [-0.15, -0.1) is 0 Å². The summed E-state index contributed by atoms with van der Waals surface area (Å²) in [6.45, 7) is 0.740. The van der Waals surface area contributed by atoms with Crippen LogP contribution in [0.1, 0.15) is 23.5 Å². The molecule has 2 aromatic rings. The summed E-state index contributed by atoms with van der Waals surface area (Å²) in [5.41, 5.74) is 2.38. The van der Waals surface area contributed by atoms with E-state index in [9.17, 15) is 14.9 Å². The van der Waals surface area contributed by atoms with Crippen LogP contribution < -0.4 is 0 Å². The van der Waals surface area contributed by atoms with E-state index in [2.05, 4.69) is 15.9 Å². The lowest BCUT2D eigenvalue weighted by Gasteiger charge is -2.32. The van der Waals surface area contributed by atoms with Crippen LogP contribution in [0.2, 0.25) is 0 Å². The Bertz CT molecular complexity index is 837. The standard InChI is InChI=1S/C21H20BrNO4/c22-19-8-4-7-17(11-19)21-18(9-16(12-24)10-20(21)23(25)26)14-27-13-15-5-2-1-3-6-15/h1-9,11-12,18,20-21H,10,13-14H2/t18-,20+,21-/m1/s1. The van der Waals surface area contributed by atoms with Crippen molar-refractivity contribution in [2.75, 3.05) is 6.61 Å². The average molecular weight is 430 g/mol. The van der Waals surface area contributed by atoms with E-state index in [0.717, 1.165) is 21.9 Å². The summed E-state index contributed by atoms with van der Waals surface area (Å²) in [6, 6.07) is 16.5. The van der Waals surface area contributed by atoms with Crippen LogP contribution >= 0.6 is 15.9 Å². The summed E-state index contributed by atoms with van der Waals surface area (Å²) in [5.74, 6) is -0.593. The molecule has 0 radical (unpaired) electrons. The first-order valence-electron chi connectivity index (χ1n) is 8.75. The average Bonchev–Trinajstić information content (AvgIpc) is 2.68. The second-order valence-corrected chi connectivity index (χ2v) is 7.58. The molecule has 1 aliphatic carbocycles. The number of carbonyl (C=O) groups is 1. The van der Waals surface area contributed by atoms with Crippen LogP contribution in [-0.2, 0) is 16.1 Å². The van der Waals surface area contributed by atoms with Gasteiger partial charge >= 0.3 is 0 Å². The number of nitrogens with zero attached hydrogens (tertiary/aromatic N) is 1. The maximum absolute atomic E-state index is 11.7. The fourth-order valence-corrected chi connectivity index (χ4v) is 4.03. The van der Waals surface area contributed by atoms with E-state index in [4.69, 9.17) is 4.74 Å². The van der Waals surface area contributed by atoms with Crippen molar-refractivity contribution >= 4 is 22.2 Å². The summed E-state index contributed by atoms with van der Waals surface area (Å²) in [6.07, 6.45) is 2.70. The first-order valence-corrected chi connectivity index (χ1v) is 9.54. The van der Waals surface area contributed by atoms with Gasteiger partial charge in [0, 0.05) is 21.7 Å². The Morgan fingerprint density at radius 1 is 1.19 bits per heavy atom. The van der Waals surface area contributed by atoms with Gasteiger partial charge in [0.25, 0.3) is 0 Å². The molecule has 0 N–H and O–H groups in total. The summed E-state index contributed by atoms with van der Waals surface area (Å²) < 4.78 is 6.74. The molecule has 3 atom stereocenters. The largest absolute Gasteiger partial charge is 0.376 e. The van der Waals surface area contributed by atoms with Gasteiger partial charge in [0.05, 0.1) is 19.1 Å². The van der Waals surface area contributed by atoms with E-state index in [1.54, 1.807) is 0 Å². The Morgan fingerprint density at radius 2 is 1.96 bits per heavy atom. The van der Waals surface area contributed by atoms with Gasteiger partial charge in [-0.3, -0.25) is 14.9 Å². The van der Waals surface area contributed by atoms with Crippen molar-refractivity contribution in [1.82, 2.24) is 0 Å². The number of halogens is 1.